The second-order valence-electron chi connectivity index (χ2n) is 5.75. The van der Waals surface area contributed by atoms with Crippen molar-refractivity contribution in [2.75, 3.05) is 19.8 Å². The van der Waals surface area contributed by atoms with Crippen LogP contribution in [-0.4, -0.2) is 41.9 Å². The summed E-state index contributed by atoms with van der Waals surface area (Å²) in [6.07, 6.45) is -0.702. The Labute approximate surface area is 140 Å². The molecule has 1 unspecified atom stereocenters. The van der Waals surface area contributed by atoms with Crippen LogP contribution in [0.25, 0.3) is 11.3 Å². The van der Waals surface area contributed by atoms with Gasteiger partial charge in [0.1, 0.15) is 0 Å². The predicted molar refractivity (Wildman–Crippen MR) is 91.5 cm³/mol. The fourth-order valence-electron chi connectivity index (χ4n) is 1.96. The van der Waals surface area contributed by atoms with E-state index in [2.05, 4.69) is 10.3 Å². The molecule has 0 aliphatic carbocycles. The average molecular weight is 334 g/mol. The maximum Gasteiger partial charge on any atom is 0.251 e. The molecule has 0 saturated carbocycles. The zero-order chi connectivity index (χ0) is 16.7. The highest BCUT2D eigenvalue weighted by Crippen LogP contribution is 2.19. The molecular weight excluding hydrogens is 312 g/mol. The number of carbonyl (C=O) groups excluding carboxylic acids is 1. The summed E-state index contributed by atoms with van der Waals surface area (Å²) >= 11 is 1.53. The van der Waals surface area contributed by atoms with E-state index in [-0.39, 0.29) is 19.1 Å². The molecular formula is C17H22N2O3S. The summed E-state index contributed by atoms with van der Waals surface area (Å²) in [7, 11) is 0. The Morgan fingerprint density at radius 1 is 1.30 bits per heavy atom. The summed E-state index contributed by atoms with van der Waals surface area (Å²) in [5, 5.41) is 14.4. The van der Waals surface area contributed by atoms with Crippen molar-refractivity contribution in [2.24, 2.45) is 5.92 Å². The fraction of sp³-hybridized carbons (Fsp3) is 0.412. The molecule has 0 bridgehead atoms. The first-order valence-corrected chi connectivity index (χ1v) is 8.53. The second kappa shape index (κ2) is 8.76. The number of aliphatic hydroxyl groups is 1. The molecule has 5 nitrogen and oxygen atoms in total. The Bertz CT molecular complexity index is 597. The number of amides is 1. The van der Waals surface area contributed by atoms with E-state index >= 15 is 0 Å². The minimum absolute atomic E-state index is 0.171. The van der Waals surface area contributed by atoms with Gasteiger partial charge >= 0.3 is 0 Å². The van der Waals surface area contributed by atoms with Gasteiger partial charge in [-0.05, 0) is 18.1 Å². The first kappa shape index (κ1) is 17.6. The highest BCUT2D eigenvalue weighted by molar-refractivity contribution is 7.07. The summed E-state index contributed by atoms with van der Waals surface area (Å²) < 4.78 is 5.34. The monoisotopic (exact) mass is 334 g/mol. The minimum atomic E-state index is -0.702. The van der Waals surface area contributed by atoms with Crippen molar-refractivity contribution in [3.05, 3.63) is 40.7 Å². The lowest BCUT2D eigenvalue weighted by molar-refractivity contribution is 0.0259. The Balaban J connectivity index is 1.79. The molecule has 0 radical (unpaired) electrons. The molecule has 2 rings (SSSR count). The lowest BCUT2D eigenvalue weighted by atomic mass is 10.1. The molecule has 1 atom stereocenters. The van der Waals surface area contributed by atoms with Gasteiger partial charge in [-0.1, -0.05) is 26.0 Å². The summed E-state index contributed by atoms with van der Waals surface area (Å²) in [4.78, 5) is 16.3. The van der Waals surface area contributed by atoms with Crippen molar-refractivity contribution in [3.8, 4) is 11.3 Å². The van der Waals surface area contributed by atoms with Gasteiger partial charge in [0.2, 0.25) is 0 Å². The standard InChI is InChI=1S/C17H22N2O3S/c1-12(2)8-22-9-15(20)7-18-17(21)14-5-3-13(4-6-14)16-10-23-11-19-16/h3-6,10-12,15,20H,7-9H2,1-2H3,(H,18,21). The zero-order valence-corrected chi connectivity index (χ0v) is 14.2. The van der Waals surface area contributed by atoms with Gasteiger partial charge in [0.15, 0.2) is 0 Å². The van der Waals surface area contributed by atoms with Crippen molar-refractivity contribution in [1.29, 1.82) is 0 Å². The van der Waals surface area contributed by atoms with Crippen LogP contribution in [0.4, 0.5) is 0 Å². The van der Waals surface area contributed by atoms with Gasteiger partial charge in [0, 0.05) is 29.7 Å². The van der Waals surface area contributed by atoms with Gasteiger partial charge in [-0.25, -0.2) is 4.98 Å². The lowest BCUT2D eigenvalue weighted by Gasteiger charge is -2.13. The van der Waals surface area contributed by atoms with E-state index in [9.17, 15) is 9.90 Å². The molecule has 0 fully saturated rings. The largest absolute Gasteiger partial charge is 0.389 e. The minimum Gasteiger partial charge on any atom is -0.389 e. The number of nitrogens with one attached hydrogen (secondary N) is 1. The maximum atomic E-state index is 12.1. The Morgan fingerprint density at radius 2 is 2.04 bits per heavy atom. The van der Waals surface area contributed by atoms with Gasteiger partial charge in [0.25, 0.3) is 5.91 Å². The number of thiazole rings is 1. The van der Waals surface area contributed by atoms with Crippen LogP contribution in [0.1, 0.15) is 24.2 Å². The normalized spacial score (nSPS) is 12.3. The molecule has 6 heteroatoms. The van der Waals surface area contributed by atoms with E-state index in [1.54, 1.807) is 17.6 Å². The highest BCUT2D eigenvalue weighted by Gasteiger charge is 2.10. The number of hydrogen-bond donors (Lipinski definition) is 2. The number of hydrogen-bond acceptors (Lipinski definition) is 5. The highest BCUT2D eigenvalue weighted by atomic mass is 32.1. The molecule has 1 heterocycles. The average Bonchev–Trinajstić information content (AvgIpc) is 3.07. The smallest absolute Gasteiger partial charge is 0.251 e. The van der Waals surface area contributed by atoms with Crippen LogP contribution >= 0.6 is 11.3 Å². The first-order chi connectivity index (χ1) is 11.1. The molecule has 23 heavy (non-hydrogen) atoms. The van der Waals surface area contributed by atoms with Crippen LogP contribution in [0, 0.1) is 5.92 Å². The Morgan fingerprint density at radius 3 is 2.65 bits per heavy atom. The maximum absolute atomic E-state index is 12.1. The van der Waals surface area contributed by atoms with Crippen LogP contribution in [-0.2, 0) is 4.74 Å². The van der Waals surface area contributed by atoms with E-state index in [1.165, 1.54) is 11.3 Å². The number of ether oxygens (including phenoxy) is 1. The molecule has 124 valence electrons. The SMILES string of the molecule is CC(C)COCC(O)CNC(=O)c1ccc(-c2cscn2)cc1. The van der Waals surface area contributed by atoms with Crippen LogP contribution in [0.15, 0.2) is 35.2 Å². The van der Waals surface area contributed by atoms with Crippen molar-refractivity contribution < 1.29 is 14.6 Å². The molecule has 0 spiro atoms. The first-order valence-electron chi connectivity index (χ1n) is 7.59. The van der Waals surface area contributed by atoms with Crippen molar-refractivity contribution in [1.82, 2.24) is 10.3 Å². The third kappa shape index (κ3) is 5.74. The number of carbonyl (C=O) groups is 1. The van der Waals surface area contributed by atoms with E-state index in [0.717, 1.165) is 11.3 Å². The molecule has 1 amide bonds. The number of nitrogens with zero attached hydrogens (tertiary/aromatic N) is 1. The van der Waals surface area contributed by atoms with Gasteiger partial charge < -0.3 is 15.2 Å². The van der Waals surface area contributed by atoms with Gasteiger partial charge in [0.05, 0.1) is 23.9 Å². The van der Waals surface area contributed by atoms with Crippen molar-refractivity contribution >= 4 is 17.2 Å². The van der Waals surface area contributed by atoms with E-state index in [4.69, 9.17) is 4.74 Å². The lowest BCUT2D eigenvalue weighted by Crippen LogP contribution is -2.34. The predicted octanol–water partition coefficient (Wildman–Crippen LogP) is 2.57. The zero-order valence-electron chi connectivity index (χ0n) is 13.4. The third-order valence-corrected chi connectivity index (χ3v) is 3.72. The van der Waals surface area contributed by atoms with E-state index < -0.39 is 6.10 Å². The number of aromatic nitrogens is 1. The van der Waals surface area contributed by atoms with Crippen molar-refractivity contribution in [3.63, 3.8) is 0 Å². The molecule has 0 saturated heterocycles. The Kier molecular flexibility index (Phi) is 6.70. The molecule has 0 aliphatic heterocycles. The number of benzene rings is 1. The topological polar surface area (TPSA) is 71.5 Å². The molecule has 2 aromatic rings. The van der Waals surface area contributed by atoms with Gasteiger partial charge in [-0.2, -0.15) is 0 Å². The molecule has 1 aromatic heterocycles. The van der Waals surface area contributed by atoms with E-state index in [0.29, 0.717) is 18.1 Å². The quantitative estimate of drug-likeness (QED) is 0.778. The summed E-state index contributed by atoms with van der Waals surface area (Å²) in [5.41, 5.74) is 4.21. The van der Waals surface area contributed by atoms with Crippen LogP contribution in [0.5, 0.6) is 0 Å². The van der Waals surface area contributed by atoms with E-state index in [1.807, 2.05) is 31.4 Å². The van der Waals surface area contributed by atoms with Crippen LogP contribution < -0.4 is 5.32 Å². The van der Waals surface area contributed by atoms with Crippen LogP contribution in [0.3, 0.4) is 0 Å². The van der Waals surface area contributed by atoms with Gasteiger partial charge in [-0.15, -0.1) is 11.3 Å². The summed E-state index contributed by atoms with van der Waals surface area (Å²) in [6, 6.07) is 7.25. The molecule has 2 N–H and O–H groups in total. The summed E-state index contributed by atoms with van der Waals surface area (Å²) in [6.45, 7) is 5.09. The van der Waals surface area contributed by atoms with Crippen molar-refractivity contribution in [2.45, 2.75) is 20.0 Å². The third-order valence-electron chi connectivity index (χ3n) is 3.13. The number of aliphatic hydroxyl groups excluding tert-OH is 1. The molecule has 0 aliphatic rings. The molecule has 1 aromatic carbocycles. The van der Waals surface area contributed by atoms with Crippen LogP contribution in [0.2, 0.25) is 0 Å². The van der Waals surface area contributed by atoms with Gasteiger partial charge in [-0.3, -0.25) is 4.79 Å². The number of rotatable bonds is 8. The Hall–Kier alpha value is -1.76. The second-order valence-corrected chi connectivity index (χ2v) is 6.46. The summed E-state index contributed by atoms with van der Waals surface area (Å²) in [5.74, 6) is 0.214. The fourth-order valence-corrected chi connectivity index (χ4v) is 2.52.